The number of fused-ring (bicyclic) bond motifs is 3. The Morgan fingerprint density at radius 2 is 2.14 bits per heavy atom. The van der Waals surface area contributed by atoms with Gasteiger partial charge in [-0.15, -0.1) is 11.3 Å². The van der Waals surface area contributed by atoms with Crippen LogP contribution < -0.4 is 11.0 Å². The Labute approximate surface area is 164 Å². The zero-order chi connectivity index (χ0) is 19.7. The van der Waals surface area contributed by atoms with Crippen LogP contribution in [0, 0.1) is 5.82 Å². The van der Waals surface area contributed by atoms with Crippen LogP contribution in [0.4, 0.5) is 4.39 Å². The summed E-state index contributed by atoms with van der Waals surface area (Å²) < 4.78 is 14.9. The fraction of sp³-hybridized carbons (Fsp3) is 0.300. The molecular formula is C20H19FN4O2S. The summed E-state index contributed by atoms with van der Waals surface area (Å²) in [4.78, 5) is 31.8. The Kier molecular flexibility index (Phi) is 5.04. The van der Waals surface area contributed by atoms with E-state index in [2.05, 4.69) is 15.5 Å². The number of hydrogen-bond donors (Lipinski definition) is 1. The van der Waals surface area contributed by atoms with Crippen molar-refractivity contribution in [1.29, 1.82) is 0 Å². The summed E-state index contributed by atoms with van der Waals surface area (Å²) in [5, 5.41) is 4.44. The fourth-order valence-electron chi connectivity index (χ4n) is 3.40. The predicted molar refractivity (Wildman–Crippen MR) is 107 cm³/mol. The molecule has 0 saturated heterocycles. The highest BCUT2D eigenvalue weighted by molar-refractivity contribution is 7.18. The van der Waals surface area contributed by atoms with Crippen LogP contribution in [0.3, 0.4) is 0 Å². The quantitative estimate of drug-likeness (QED) is 0.542. The van der Waals surface area contributed by atoms with E-state index in [1.54, 1.807) is 36.5 Å². The second-order valence-corrected chi connectivity index (χ2v) is 7.86. The van der Waals surface area contributed by atoms with Gasteiger partial charge in [0.1, 0.15) is 16.7 Å². The number of nitrogens with one attached hydrogen (secondary N) is 1. The number of rotatable bonds is 4. The zero-order valence-electron chi connectivity index (χ0n) is 15.3. The highest BCUT2D eigenvalue weighted by Gasteiger charge is 2.23. The van der Waals surface area contributed by atoms with Gasteiger partial charge in [0.25, 0.3) is 11.5 Å². The van der Waals surface area contributed by atoms with E-state index >= 15 is 0 Å². The second kappa shape index (κ2) is 7.63. The third kappa shape index (κ3) is 3.35. The van der Waals surface area contributed by atoms with Gasteiger partial charge in [0.05, 0.1) is 17.9 Å². The van der Waals surface area contributed by atoms with Crippen molar-refractivity contribution in [3.05, 3.63) is 62.8 Å². The molecule has 1 unspecified atom stereocenters. The van der Waals surface area contributed by atoms with E-state index in [-0.39, 0.29) is 11.1 Å². The summed E-state index contributed by atoms with van der Waals surface area (Å²) in [6.07, 6.45) is 6.71. The molecule has 1 aromatic carbocycles. The number of aromatic nitrogens is 2. The van der Waals surface area contributed by atoms with E-state index in [1.165, 1.54) is 28.1 Å². The number of hydrazone groups is 1. The molecular weight excluding hydrogens is 379 g/mol. The molecule has 0 spiro atoms. The van der Waals surface area contributed by atoms with E-state index in [9.17, 15) is 14.0 Å². The molecule has 1 atom stereocenters. The molecule has 8 heteroatoms. The largest absolute Gasteiger partial charge is 0.286 e. The van der Waals surface area contributed by atoms with Crippen LogP contribution in [0.5, 0.6) is 0 Å². The Bertz CT molecular complexity index is 1130. The van der Waals surface area contributed by atoms with Gasteiger partial charge >= 0.3 is 0 Å². The van der Waals surface area contributed by atoms with Gasteiger partial charge in [-0.05, 0) is 44.2 Å². The lowest BCUT2D eigenvalue weighted by atomic mass is 9.97. The van der Waals surface area contributed by atoms with Crippen LogP contribution in [0.15, 0.2) is 40.5 Å². The van der Waals surface area contributed by atoms with E-state index in [4.69, 9.17) is 0 Å². The van der Waals surface area contributed by atoms with Crippen LogP contribution >= 0.6 is 11.3 Å². The zero-order valence-corrected chi connectivity index (χ0v) is 16.1. The lowest BCUT2D eigenvalue weighted by Crippen LogP contribution is -2.34. The molecule has 2 heterocycles. The molecule has 1 amide bonds. The SMILES string of the molecule is CC(C(=O)N/N=C/c1ccccc1F)n1cnc2sc3c(c2c1=O)CCCC3. The standard InChI is InChI=1S/C20H19FN4O2S/c1-12(18(26)24-23-10-13-6-2-4-8-15(13)21)25-11-22-19-17(20(25)27)14-7-3-5-9-16(14)28-19/h2,4,6,8,10-12H,3,5,7,9H2,1H3,(H,24,26)/b23-10+. The number of nitrogens with zero attached hydrogens (tertiary/aromatic N) is 3. The van der Waals surface area contributed by atoms with Crippen molar-refractivity contribution in [2.75, 3.05) is 0 Å². The summed E-state index contributed by atoms with van der Waals surface area (Å²) in [5.41, 5.74) is 3.51. The molecule has 0 saturated carbocycles. The topological polar surface area (TPSA) is 76.3 Å². The molecule has 0 aliphatic heterocycles. The summed E-state index contributed by atoms with van der Waals surface area (Å²) in [5.74, 6) is -0.901. The van der Waals surface area contributed by atoms with Crippen molar-refractivity contribution in [2.45, 2.75) is 38.6 Å². The van der Waals surface area contributed by atoms with Crippen molar-refractivity contribution in [1.82, 2.24) is 15.0 Å². The normalized spacial score (nSPS) is 14.9. The summed E-state index contributed by atoms with van der Waals surface area (Å²) in [6, 6.07) is 5.33. The molecule has 0 fully saturated rings. The minimum atomic E-state index is -0.790. The lowest BCUT2D eigenvalue weighted by molar-refractivity contribution is -0.123. The monoisotopic (exact) mass is 398 g/mol. The number of carbonyl (C=O) groups is 1. The van der Waals surface area contributed by atoms with Crippen LogP contribution in [0.25, 0.3) is 10.2 Å². The van der Waals surface area contributed by atoms with Crippen molar-refractivity contribution in [3.8, 4) is 0 Å². The first kappa shape index (κ1) is 18.5. The van der Waals surface area contributed by atoms with E-state index < -0.39 is 17.8 Å². The maximum Gasteiger partial charge on any atom is 0.263 e. The third-order valence-corrected chi connectivity index (χ3v) is 6.18. The van der Waals surface area contributed by atoms with E-state index in [1.807, 2.05) is 0 Å². The Hall–Kier alpha value is -2.87. The second-order valence-electron chi connectivity index (χ2n) is 6.78. The van der Waals surface area contributed by atoms with Gasteiger partial charge in [-0.3, -0.25) is 14.2 Å². The number of carbonyl (C=O) groups excluding carboxylic acids is 1. The lowest BCUT2D eigenvalue weighted by Gasteiger charge is -2.14. The summed E-state index contributed by atoms with van der Waals surface area (Å²) in [7, 11) is 0. The molecule has 1 aliphatic carbocycles. The first-order chi connectivity index (χ1) is 13.6. The van der Waals surface area contributed by atoms with Gasteiger partial charge < -0.3 is 0 Å². The molecule has 4 rings (SSSR count). The van der Waals surface area contributed by atoms with Crippen molar-refractivity contribution in [3.63, 3.8) is 0 Å². The Morgan fingerprint density at radius 1 is 1.36 bits per heavy atom. The summed E-state index contributed by atoms with van der Waals surface area (Å²) in [6.45, 7) is 1.61. The van der Waals surface area contributed by atoms with Crippen molar-refractivity contribution in [2.24, 2.45) is 5.10 Å². The maximum absolute atomic E-state index is 13.6. The minimum absolute atomic E-state index is 0.204. The highest BCUT2D eigenvalue weighted by atomic mass is 32.1. The number of aryl methyl sites for hydroxylation is 2. The maximum atomic E-state index is 13.6. The van der Waals surface area contributed by atoms with Crippen LogP contribution in [0.1, 0.15) is 41.8 Å². The van der Waals surface area contributed by atoms with Crippen molar-refractivity contribution < 1.29 is 9.18 Å². The molecule has 0 bridgehead atoms. The van der Waals surface area contributed by atoms with Crippen LogP contribution in [-0.4, -0.2) is 21.7 Å². The molecule has 3 aromatic rings. The number of halogens is 1. The predicted octanol–water partition coefficient (Wildman–Crippen LogP) is 3.19. The van der Waals surface area contributed by atoms with Gasteiger partial charge in [0.15, 0.2) is 0 Å². The van der Waals surface area contributed by atoms with Crippen LogP contribution in [-0.2, 0) is 17.6 Å². The average Bonchev–Trinajstić information content (AvgIpc) is 3.08. The van der Waals surface area contributed by atoms with Gasteiger partial charge in [-0.25, -0.2) is 14.8 Å². The summed E-state index contributed by atoms with van der Waals surface area (Å²) >= 11 is 1.57. The Morgan fingerprint density at radius 3 is 2.96 bits per heavy atom. The van der Waals surface area contributed by atoms with Crippen molar-refractivity contribution >= 4 is 33.7 Å². The first-order valence-electron chi connectivity index (χ1n) is 9.15. The van der Waals surface area contributed by atoms with Crippen LogP contribution in [0.2, 0.25) is 0 Å². The van der Waals surface area contributed by atoms with Gasteiger partial charge in [0, 0.05) is 10.4 Å². The Balaban J connectivity index is 1.57. The highest BCUT2D eigenvalue weighted by Crippen LogP contribution is 2.33. The molecule has 144 valence electrons. The number of amides is 1. The van der Waals surface area contributed by atoms with Gasteiger partial charge in [-0.1, -0.05) is 18.2 Å². The van der Waals surface area contributed by atoms with Gasteiger partial charge in [-0.2, -0.15) is 5.10 Å². The first-order valence-corrected chi connectivity index (χ1v) is 9.96. The molecule has 6 nitrogen and oxygen atoms in total. The average molecular weight is 398 g/mol. The number of hydrogen-bond acceptors (Lipinski definition) is 5. The van der Waals surface area contributed by atoms with E-state index in [0.29, 0.717) is 5.39 Å². The smallest absolute Gasteiger partial charge is 0.263 e. The molecule has 0 radical (unpaired) electrons. The molecule has 28 heavy (non-hydrogen) atoms. The molecule has 1 N–H and O–H groups in total. The third-order valence-electron chi connectivity index (χ3n) is 4.98. The van der Waals surface area contributed by atoms with E-state index in [0.717, 1.165) is 36.1 Å². The fourth-order valence-corrected chi connectivity index (χ4v) is 4.62. The minimum Gasteiger partial charge on any atom is -0.286 e. The number of benzene rings is 1. The number of thiophene rings is 1. The molecule has 2 aromatic heterocycles. The molecule has 1 aliphatic rings. The van der Waals surface area contributed by atoms with Gasteiger partial charge in [0.2, 0.25) is 0 Å².